The Morgan fingerprint density at radius 3 is 2.71 bits per heavy atom. The Labute approximate surface area is 91.6 Å². The van der Waals surface area contributed by atoms with Crippen LogP contribution in [0.15, 0.2) is 35.5 Å². The Bertz CT molecular complexity index is 364. The van der Waals surface area contributed by atoms with Crippen LogP contribution in [-0.2, 0) is 0 Å². The molecule has 0 fully saturated rings. The van der Waals surface area contributed by atoms with Gasteiger partial charge in [-0.15, -0.1) is 0 Å². The molecule has 1 aromatic rings. The van der Waals surface area contributed by atoms with Crippen LogP contribution in [0.1, 0.15) is 0 Å². The Morgan fingerprint density at radius 2 is 2.07 bits per heavy atom. The highest BCUT2D eigenvalue weighted by atomic mass is 35.5. The van der Waals surface area contributed by atoms with E-state index in [0.717, 1.165) is 0 Å². The largest absolute Gasteiger partial charge is 0.292 e. The maximum atomic E-state index is 8.21. The van der Waals surface area contributed by atoms with E-state index < -0.39 is 0 Å². The van der Waals surface area contributed by atoms with Crippen LogP contribution in [0.5, 0.6) is 0 Å². The highest BCUT2D eigenvalue weighted by Crippen LogP contribution is 2.26. The van der Waals surface area contributed by atoms with E-state index in [1.54, 1.807) is 24.3 Å². The first-order valence-electron chi connectivity index (χ1n) is 3.78. The summed E-state index contributed by atoms with van der Waals surface area (Å²) in [6, 6.07) is 5.07. The number of hydrogen-bond donors (Lipinski definition) is 2. The van der Waals surface area contributed by atoms with Crippen molar-refractivity contribution in [2.45, 2.75) is 0 Å². The van der Waals surface area contributed by atoms with Crippen LogP contribution in [0, 0.1) is 0 Å². The number of allylic oxidation sites excluding steroid dienone is 1. The Balaban J connectivity index is 2.73. The summed E-state index contributed by atoms with van der Waals surface area (Å²) >= 11 is 11.5. The summed E-state index contributed by atoms with van der Waals surface area (Å²) in [6.45, 7) is 0. The first-order valence-corrected chi connectivity index (χ1v) is 4.53. The highest BCUT2D eigenvalue weighted by molar-refractivity contribution is 6.42. The highest BCUT2D eigenvalue weighted by Gasteiger charge is 1.96. The summed E-state index contributed by atoms with van der Waals surface area (Å²) in [4.78, 5) is 4.04. The third kappa shape index (κ3) is 3.38. The van der Waals surface area contributed by atoms with Crippen LogP contribution in [0.4, 0.5) is 5.69 Å². The lowest BCUT2D eigenvalue weighted by atomic mass is 10.3. The van der Waals surface area contributed by atoms with Crippen molar-refractivity contribution in [3.63, 3.8) is 0 Å². The number of hydrogen-bond acceptors (Lipinski definition) is 3. The van der Waals surface area contributed by atoms with E-state index in [2.05, 4.69) is 4.99 Å². The zero-order chi connectivity index (χ0) is 10.4. The molecule has 0 aliphatic carbocycles. The van der Waals surface area contributed by atoms with Crippen LogP contribution >= 0.6 is 23.2 Å². The van der Waals surface area contributed by atoms with Crippen molar-refractivity contribution >= 4 is 35.1 Å². The van der Waals surface area contributed by atoms with Gasteiger partial charge in [-0.05, 0) is 24.3 Å². The predicted octanol–water partition coefficient (Wildman–Crippen LogP) is 3.19. The number of nitrogens with zero attached hydrogens (tertiary/aromatic N) is 1. The molecule has 0 unspecified atom stereocenters. The standard InChI is InChI=1S/C9H8Cl2N2O/c10-8-3-2-7(6-9(8)11)12-4-1-5-13-14/h1-6,13-14H/b5-1+,12-4?. The second-order valence-electron chi connectivity index (χ2n) is 2.36. The number of halogens is 2. The third-order valence-electron chi connectivity index (χ3n) is 1.38. The Morgan fingerprint density at radius 1 is 1.29 bits per heavy atom. The summed E-state index contributed by atoms with van der Waals surface area (Å²) < 4.78 is 0. The van der Waals surface area contributed by atoms with Gasteiger partial charge in [0, 0.05) is 12.4 Å². The molecule has 1 aromatic carbocycles. The zero-order valence-electron chi connectivity index (χ0n) is 7.11. The lowest BCUT2D eigenvalue weighted by Crippen LogP contribution is -1.92. The Hall–Kier alpha value is -1.03. The maximum Gasteiger partial charge on any atom is 0.0645 e. The van der Waals surface area contributed by atoms with Crippen molar-refractivity contribution < 1.29 is 5.21 Å². The second kappa shape index (κ2) is 5.65. The van der Waals surface area contributed by atoms with Gasteiger partial charge in [-0.3, -0.25) is 15.7 Å². The molecule has 14 heavy (non-hydrogen) atoms. The summed E-state index contributed by atoms with van der Waals surface area (Å²) in [5.74, 6) is 0. The molecule has 0 saturated heterocycles. The molecule has 0 saturated carbocycles. The van der Waals surface area contributed by atoms with Gasteiger partial charge in [0.15, 0.2) is 0 Å². The lowest BCUT2D eigenvalue weighted by molar-refractivity contribution is 0.214. The summed E-state index contributed by atoms with van der Waals surface area (Å²) in [6.07, 6.45) is 4.40. The zero-order valence-corrected chi connectivity index (χ0v) is 8.63. The molecule has 0 amide bonds. The van der Waals surface area contributed by atoms with Gasteiger partial charge < -0.3 is 0 Å². The lowest BCUT2D eigenvalue weighted by Gasteiger charge is -1.95. The van der Waals surface area contributed by atoms with E-state index in [-0.39, 0.29) is 0 Å². The van der Waals surface area contributed by atoms with Gasteiger partial charge in [-0.1, -0.05) is 23.2 Å². The van der Waals surface area contributed by atoms with E-state index in [1.807, 2.05) is 5.48 Å². The van der Waals surface area contributed by atoms with E-state index >= 15 is 0 Å². The number of nitrogens with one attached hydrogen (secondary N) is 1. The van der Waals surface area contributed by atoms with Crippen LogP contribution in [0.2, 0.25) is 10.0 Å². The molecule has 2 N–H and O–H groups in total. The molecule has 1 rings (SSSR count). The predicted molar refractivity (Wildman–Crippen MR) is 58.7 cm³/mol. The summed E-state index contributed by atoms with van der Waals surface area (Å²) in [5, 5.41) is 9.17. The summed E-state index contributed by atoms with van der Waals surface area (Å²) in [7, 11) is 0. The molecule has 0 aliphatic heterocycles. The molecule has 0 heterocycles. The fourth-order valence-electron chi connectivity index (χ4n) is 0.781. The van der Waals surface area contributed by atoms with Crippen molar-refractivity contribution in [3.05, 3.63) is 40.5 Å². The van der Waals surface area contributed by atoms with Crippen LogP contribution in [0.3, 0.4) is 0 Å². The molecule has 0 bridgehead atoms. The van der Waals surface area contributed by atoms with Crippen molar-refractivity contribution in [2.24, 2.45) is 4.99 Å². The Kier molecular flexibility index (Phi) is 4.46. The molecule has 3 nitrogen and oxygen atoms in total. The maximum absolute atomic E-state index is 8.21. The molecule has 5 heteroatoms. The summed E-state index contributed by atoms with van der Waals surface area (Å²) in [5.41, 5.74) is 2.55. The number of hydroxylamine groups is 1. The second-order valence-corrected chi connectivity index (χ2v) is 3.18. The third-order valence-corrected chi connectivity index (χ3v) is 2.12. The van der Waals surface area contributed by atoms with Gasteiger partial charge in [-0.2, -0.15) is 0 Å². The normalized spacial score (nSPS) is 11.4. The molecular weight excluding hydrogens is 223 g/mol. The minimum absolute atomic E-state index is 0.463. The van der Waals surface area contributed by atoms with Gasteiger partial charge in [0.1, 0.15) is 0 Å². The molecule has 0 aliphatic rings. The molecular formula is C9H8Cl2N2O. The van der Waals surface area contributed by atoms with Crippen LogP contribution < -0.4 is 5.48 Å². The quantitative estimate of drug-likeness (QED) is 0.619. The number of aliphatic imine (C=N–C) groups is 1. The fourth-order valence-corrected chi connectivity index (χ4v) is 1.07. The van der Waals surface area contributed by atoms with E-state index in [9.17, 15) is 0 Å². The minimum Gasteiger partial charge on any atom is -0.292 e. The SMILES string of the molecule is ON/C=C/C=Nc1ccc(Cl)c(Cl)c1. The van der Waals surface area contributed by atoms with Crippen molar-refractivity contribution in [3.8, 4) is 0 Å². The van der Waals surface area contributed by atoms with Crippen molar-refractivity contribution in [1.29, 1.82) is 0 Å². The number of rotatable bonds is 3. The molecule has 0 spiro atoms. The van der Waals surface area contributed by atoms with Gasteiger partial charge >= 0.3 is 0 Å². The molecule has 0 atom stereocenters. The van der Waals surface area contributed by atoms with Crippen LogP contribution in [-0.4, -0.2) is 11.4 Å². The molecule has 0 aromatic heterocycles. The van der Waals surface area contributed by atoms with Gasteiger partial charge in [0.2, 0.25) is 0 Å². The van der Waals surface area contributed by atoms with Gasteiger partial charge in [-0.25, -0.2) is 0 Å². The smallest absolute Gasteiger partial charge is 0.0645 e. The number of benzene rings is 1. The van der Waals surface area contributed by atoms with E-state index in [4.69, 9.17) is 28.4 Å². The minimum atomic E-state index is 0.463. The van der Waals surface area contributed by atoms with Crippen LogP contribution in [0.25, 0.3) is 0 Å². The van der Waals surface area contributed by atoms with E-state index in [0.29, 0.717) is 15.7 Å². The fraction of sp³-hybridized carbons (Fsp3) is 0. The van der Waals surface area contributed by atoms with Crippen molar-refractivity contribution in [1.82, 2.24) is 5.48 Å². The van der Waals surface area contributed by atoms with Gasteiger partial charge in [0.05, 0.1) is 15.7 Å². The average Bonchev–Trinajstić information content (AvgIpc) is 2.18. The topological polar surface area (TPSA) is 44.6 Å². The first-order chi connectivity index (χ1) is 6.74. The van der Waals surface area contributed by atoms with Crippen molar-refractivity contribution in [2.75, 3.05) is 0 Å². The first kappa shape index (κ1) is 11.0. The van der Waals surface area contributed by atoms with Gasteiger partial charge in [0.25, 0.3) is 0 Å². The molecule has 74 valence electrons. The average molecular weight is 231 g/mol. The van der Waals surface area contributed by atoms with E-state index in [1.165, 1.54) is 12.4 Å². The monoisotopic (exact) mass is 230 g/mol. The molecule has 0 radical (unpaired) electrons.